The average molecular weight is 436 g/mol. The van der Waals surface area contributed by atoms with Crippen molar-refractivity contribution in [3.63, 3.8) is 0 Å². The van der Waals surface area contributed by atoms with E-state index in [4.69, 9.17) is 0 Å². The Morgan fingerprint density at radius 2 is 1.44 bits per heavy atom. The van der Waals surface area contributed by atoms with Gasteiger partial charge >= 0.3 is 0 Å². The molecule has 4 aromatic rings. The number of benzene rings is 4. The van der Waals surface area contributed by atoms with E-state index in [0.29, 0.717) is 22.9 Å². The Morgan fingerprint density at radius 3 is 2.12 bits per heavy atom. The van der Waals surface area contributed by atoms with Crippen LogP contribution in [-0.2, 0) is 6.42 Å². The Kier molecular flexibility index (Phi) is 5.96. The molecule has 32 heavy (non-hydrogen) atoms. The standard InChI is InChI=1S/C27H17F5/c1-2-3-17-13-24(30)26(25(31)14-17)20-8-7-18(23(29)15-20)6-4-16-5-10-21-19(12-16)9-11-22(28)27(21)32/h5,7-15H,2-3H2,1H3. The molecule has 0 amide bonds. The van der Waals surface area contributed by atoms with Crippen LogP contribution in [0.4, 0.5) is 22.0 Å². The molecule has 4 rings (SSSR count). The Bertz CT molecular complexity index is 1370. The summed E-state index contributed by atoms with van der Waals surface area (Å²) in [5.74, 6) is 1.36. The number of aryl methyl sites for hydroxylation is 1. The quantitative estimate of drug-likeness (QED) is 0.230. The summed E-state index contributed by atoms with van der Waals surface area (Å²) in [4.78, 5) is 0. The van der Waals surface area contributed by atoms with Gasteiger partial charge in [-0.05, 0) is 65.4 Å². The van der Waals surface area contributed by atoms with Gasteiger partial charge in [0, 0.05) is 10.9 Å². The lowest BCUT2D eigenvalue weighted by Gasteiger charge is -2.09. The van der Waals surface area contributed by atoms with Gasteiger partial charge in [0.2, 0.25) is 0 Å². The molecule has 0 aromatic heterocycles. The van der Waals surface area contributed by atoms with E-state index in [2.05, 4.69) is 11.8 Å². The van der Waals surface area contributed by atoms with Gasteiger partial charge in [0.15, 0.2) is 11.6 Å². The number of hydrogen-bond acceptors (Lipinski definition) is 0. The lowest BCUT2D eigenvalue weighted by Crippen LogP contribution is -1.96. The van der Waals surface area contributed by atoms with Gasteiger partial charge in [-0.2, -0.15) is 0 Å². The van der Waals surface area contributed by atoms with E-state index in [1.165, 1.54) is 42.5 Å². The molecule has 0 nitrogen and oxygen atoms in total. The first-order valence-corrected chi connectivity index (χ1v) is 10.0. The second-order valence-corrected chi connectivity index (χ2v) is 7.43. The second kappa shape index (κ2) is 8.84. The minimum Gasteiger partial charge on any atom is -0.206 e. The molecule has 0 aliphatic carbocycles. The first-order valence-electron chi connectivity index (χ1n) is 10.0. The zero-order valence-electron chi connectivity index (χ0n) is 17.1. The third-order valence-corrected chi connectivity index (χ3v) is 5.15. The van der Waals surface area contributed by atoms with Crippen LogP contribution >= 0.6 is 0 Å². The van der Waals surface area contributed by atoms with Crippen LogP contribution in [0.5, 0.6) is 0 Å². The summed E-state index contributed by atoms with van der Waals surface area (Å²) in [5, 5.41) is 0.587. The fourth-order valence-electron chi connectivity index (χ4n) is 3.59. The van der Waals surface area contributed by atoms with Crippen molar-refractivity contribution in [3.05, 3.63) is 106 Å². The van der Waals surface area contributed by atoms with E-state index >= 15 is 0 Å². The fourth-order valence-corrected chi connectivity index (χ4v) is 3.59. The number of rotatable bonds is 3. The van der Waals surface area contributed by atoms with Crippen molar-refractivity contribution in [1.29, 1.82) is 0 Å². The molecule has 0 N–H and O–H groups in total. The molecule has 0 aliphatic heterocycles. The lowest BCUT2D eigenvalue weighted by molar-refractivity contribution is 0.517. The molecule has 0 spiro atoms. The largest absolute Gasteiger partial charge is 0.206 e. The summed E-state index contributed by atoms with van der Waals surface area (Å²) in [7, 11) is 0. The van der Waals surface area contributed by atoms with Gasteiger partial charge in [-0.15, -0.1) is 0 Å². The average Bonchev–Trinajstić information content (AvgIpc) is 2.75. The maximum absolute atomic E-state index is 14.6. The molecule has 0 unspecified atom stereocenters. The highest BCUT2D eigenvalue weighted by atomic mass is 19.2. The van der Waals surface area contributed by atoms with Crippen molar-refractivity contribution in [3.8, 4) is 23.0 Å². The summed E-state index contributed by atoms with van der Waals surface area (Å²) in [6.07, 6.45) is 1.30. The molecule has 0 saturated heterocycles. The summed E-state index contributed by atoms with van der Waals surface area (Å²) in [6.45, 7) is 1.91. The first-order chi connectivity index (χ1) is 15.4. The van der Waals surface area contributed by atoms with E-state index in [0.717, 1.165) is 18.6 Å². The molecule has 0 bridgehead atoms. The van der Waals surface area contributed by atoms with E-state index in [1.54, 1.807) is 6.07 Å². The van der Waals surface area contributed by atoms with E-state index in [-0.39, 0.29) is 22.1 Å². The van der Waals surface area contributed by atoms with Gasteiger partial charge in [-0.1, -0.05) is 43.4 Å². The van der Waals surface area contributed by atoms with E-state index in [9.17, 15) is 22.0 Å². The Hall–Kier alpha value is -3.65. The molecule has 0 atom stereocenters. The van der Waals surface area contributed by atoms with Crippen molar-refractivity contribution >= 4 is 10.8 Å². The van der Waals surface area contributed by atoms with Crippen molar-refractivity contribution in [1.82, 2.24) is 0 Å². The monoisotopic (exact) mass is 436 g/mol. The lowest BCUT2D eigenvalue weighted by atomic mass is 9.99. The Morgan fingerprint density at radius 1 is 0.688 bits per heavy atom. The van der Waals surface area contributed by atoms with Crippen LogP contribution in [0.2, 0.25) is 0 Å². The van der Waals surface area contributed by atoms with Gasteiger partial charge in [0.25, 0.3) is 0 Å². The van der Waals surface area contributed by atoms with Crippen molar-refractivity contribution in [2.24, 2.45) is 0 Å². The smallest absolute Gasteiger partial charge is 0.166 e. The molecule has 0 fully saturated rings. The fraction of sp³-hybridized carbons (Fsp3) is 0.111. The molecular weight excluding hydrogens is 419 g/mol. The summed E-state index contributed by atoms with van der Waals surface area (Å²) < 4.78 is 70.7. The highest BCUT2D eigenvalue weighted by molar-refractivity contribution is 5.84. The molecule has 5 heteroatoms. The van der Waals surface area contributed by atoms with Crippen LogP contribution in [0.3, 0.4) is 0 Å². The van der Waals surface area contributed by atoms with Crippen molar-refractivity contribution in [2.75, 3.05) is 0 Å². The van der Waals surface area contributed by atoms with Crippen LogP contribution in [0.1, 0.15) is 30.0 Å². The minimum absolute atomic E-state index is 0.0440. The second-order valence-electron chi connectivity index (χ2n) is 7.43. The number of halogens is 5. The van der Waals surface area contributed by atoms with Gasteiger partial charge in [-0.25, -0.2) is 22.0 Å². The minimum atomic E-state index is -0.939. The molecule has 4 aromatic carbocycles. The van der Waals surface area contributed by atoms with Gasteiger partial charge in [0.1, 0.15) is 17.5 Å². The van der Waals surface area contributed by atoms with Crippen LogP contribution in [-0.4, -0.2) is 0 Å². The van der Waals surface area contributed by atoms with Crippen LogP contribution < -0.4 is 0 Å². The third kappa shape index (κ3) is 4.22. The zero-order chi connectivity index (χ0) is 22.8. The van der Waals surface area contributed by atoms with Crippen LogP contribution in [0, 0.1) is 40.9 Å². The topological polar surface area (TPSA) is 0 Å². The van der Waals surface area contributed by atoms with Crippen LogP contribution in [0.15, 0.2) is 60.7 Å². The molecule has 160 valence electrons. The first kappa shape index (κ1) is 21.6. The zero-order valence-corrected chi connectivity index (χ0v) is 17.1. The maximum Gasteiger partial charge on any atom is 0.166 e. The number of fused-ring (bicyclic) bond motifs is 1. The van der Waals surface area contributed by atoms with Gasteiger partial charge in [-0.3, -0.25) is 0 Å². The predicted octanol–water partition coefficient (Wildman–Crippen LogP) is 7.55. The normalized spacial score (nSPS) is 10.8. The molecule has 0 heterocycles. The van der Waals surface area contributed by atoms with Crippen molar-refractivity contribution < 1.29 is 22.0 Å². The summed E-state index contributed by atoms with van der Waals surface area (Å²) in [5.41, 5.74) is 0.867. The highest BCUT2D eigenvalue weighted by Crippen LogP contribution is 2.29. The Labute approximate surface area is 182 Å². The van der Waals surface area contributed by atoms with Crippen LogP contribution in [0.25, 0.3) is 21.9 Å². The SMILES string of the molecule is CCCc1cc(F)c(-c2ccc(C#Cc3ccc4c(F)c(F)ccc4c3)c(F)c2)c(F)c1. The van der Waals surface area contributed by atoms with Gasteiger partial charge in [0.05, 0.1) is 11.1 Å². The molecule has 0 aliphatic rings. The van der Waals surface area contributed by atoms with Crippen molar-refractivity contribution in [2.45, 2.75) is 19.8 Å². The maximum atomic E-state index is 14.6. The van der Waals surface area contributed by atoms with Gasteiger partial charge < -0.3 is 0 Å². The Balaban J connectivity index is 1.65. The molecule has 0 saturated carbocycles. The summed E-state index contributed by atoms with van der Waals surface area (Å²) >= 11 is 0. The summed E-state index contributed by atoms with van der Waals surface area (Å²) in [6, 6.07) is 13.3. The molecular formula is C27H17F5. The third-order valence-electron chi connectivity index (χ3n) is 5.15. The highest BCUT2D eigenvalue weighted by Gasteiger charge is 2.15. The predicted molar refractivity (Wildman–Crippen MR) is 116 cm³/mol. The van der Waals surface area contributed by atoms with E-state index < -0.39 is 29.1 Å². The number of hydrogen-bond donors (Lipinski definition) is 0. The van der Waals surface area contributed by atoms with E-state index in [1.807, 2.05) is 6.92 Å². The molecule has 0 radical (unpaired) electrons.